The zero-order chi connectivity index (χ0) is 13.3. The number of fused-ring (bicyclic) bond motifs is 1. The van der Waals surface area contributed by atoms with Crippen molar-refractivity contribution in [3.8, 4) is 0 Å². The Labute approximate surface area is 104 Å². The molecule has 1 aromatic carbocycles. The molecule has 1 aliphatic carbocycles. The highest BCUT2D eigenvalue weighted by molar-refractivity contribution is 6.00. The van der Waals surface area contributed by atoms with Crippen LogP contribution in [0.4, 0.5) is 0 Å². The summed E-state index contributed by atoms with van der Waals surface area (Å²) in [5.41, 5.74) is 6.84. The first-order valence-electron chi connectivity index (χ1n) is 5.80. The van der Waals surface area contributed by atoms with Gasteiger partial charge in [0.2, 0.25) is 5.91 Å². The van der Waals surface area contributed by atoms with Crippen LogP contribution in [0.5, 0.6) is 0 Å². The first-order chi connectivity index (χ1) is 8.50. The predicted octanol–water partition coefficient (Wildman–Crippen LogP) is 0.0852. The Hall–Kier alpha value is -1.72. The summed E-state index contributed by atoms with van der Waals surface area (Å²) in [6.07, 6.45) is -1.77. The Morgan fingerprint density at radius 1 is 1.33 bits per heavy atom. The summed E-state index contributed by atoms with van der Waals surface area (Å²) in [7, 11) is 0. The zero-order valence-corrected chi connectivity index (χ0v) is 9.80. The molecule has 2 rings (SSSR count). The largest absolute Gasteiger partial charge is 0.390 e. The van der Waals surface area contributed by atoms with E-state index in [4.69, 9.17) is 5.73 Å². The van der Waals surface area contributed by atoms with E-state index in [0.717, 1.165) is 5.56 Å². The van der Waals surface area contributed by atoms with E-state index in [1.165, 1.54) is 0 Å². The van der Waals surface area contributed by atoms with E-state index in [1.54, 1.807) is 18.2 Å². The first-order valence-corrected chi connectivity index (χ1v) is 5.80. The normalized spacial score (nSPS) is 17.3. The SMILES string of the molecule is NC(=O)CC(O)C(O)c1cccc2c1CCC2=O. The van der Waals surface area contributed by atoms with Crippen molar-refractivity contribution in [1.82, 2.24) is 0 Å². The molecule has 0 spiro atoms. The third-order valence-corrected chi connectivity index (χ3v) is 3.21. The second kappa shape index (κ2) is 4.88. The van der Waals surface area contributed by atoms with Crippen LogP contribution in [0, 0.1) is 0 Å². The molecule has 0 aliphatic heterocycles. The van der Waals surface area contributed by atoms with Crippen LogP contribution in [0.2, 0.25) is 0 Å². The third-order valence-electron chi connectivity index (χ3n) is 3.21. The highest BCUT2D eigenvalue weighted by Gasteiger charge is 2.28. The number of benzene rings is 1. The van der Waals surface area contributed by atoms with Crippen LogP contribution in [-0.4, -0.2) is 28.0 Å². The number of carbonyl (C=O) groups excluding carboxylic acids is 2. The number of ketones is 1. The van der Waals surface area contributed by atoms with E-state index < -0.39 is 18.1 Å². The molecule has 0 saturated heterocycles. The molecule has 5 heteroatoms. The number of nitrogens with two attached hydrogens (primary N) is 1. The van der Waals surface area contributed by atoms with Crippen LogP contribution in [0.25, 0.3) is 0 Å². The predicted molar refractivity (Wildman–Crippen MR) is 63.9 cm³/mol. The van der Waals surface area contributed by atoms with Crippen molar-refractivity contribution in [2.45, 2.75) is 31.5 Å². The van der Waals surface area contributed by atoms with Crippen LogP contribution in [0.3, 0.4) is 0 Å². The Bertz CT molecular complexity index is 498. The van der Waals surface area contributed by atoms with Crippen molar-refractivity contribution < 1.29 is 19.8 Å². The van der Waals surface area contributed by atoms with Gasteiger partial charge >= 0.3 is 0 Å². The highest BCUT2D eigenvalue weighted by Crippen LogP contribution is 2.31. The molecule has 0 bridgehead atoms. The summed E-state index contributed by atoms with van der Waals surface area (Å²) in [4.78, 5) is 22.3. The van der Waals surface area contributed by atoms with Crippen LogP contribution in [0.15, 0.2) is 18.2 Å². The Morgan fingerprint density at radius 2 is 2.06 bits per heavy atom. The molecule has 2 atom stereocenters. The summed E-state index contributed by atoms with van der Waals surface area (Å²) < 4.78 is 0. The van der Waals surface area contributed by atoms with Crippen LogP contribution in [0.1, 0.15) is 40.4 Å². The summed E-state index contributed by atoms with van der Waals surface area (Å²) in [5.74, 6) is -0.631. The minimum absolute atomic E-state index is 0.0449. The van der Waals surface area contributed by atoms with Gasteiger partial charge in [-0.3, -0.25) is 9.59 Å². The van der Waals surface area contributed by atoms with E-state index in [0.29, 0.717) is 24.0 Å². The summed E-state index contributed by atoms with van der Waals surface area (Å²) in [6, 6.07) is 5.03. The van der Waals surface area contributed by atoms with Crippen molar-refractivity contribution >= 4 is 11.7 Å². The highest BCUT2D eigenvalue weighted by atomic mass is 16.3. The summed E-state index contributed by atoms with van der Waals surface area (Å²) in [5, 5.41) is 19.7. The number of aliphatic hydroxyl groups excluding tert-OH is 2. The molecule has 0 heterocycles. The molecule has 18 heavy (non-hydrogen) atoms. The van der Waals surface area contributed by atoms with Gasteiger partial charge < -0.3 is 15.9 Å². The van der Waals surface area contributed by atoms with Crippen molar-refractivity contribution in [2.24, 2.45) is 5.73 Å². The minimum Gasteiger partial charge on any atom is -0.390 e. The molecule has 0 saturated carbocycles. The number of primary amides is 1. The van der Waals surface area contributed by atoms with Gasteiger partial charge in [0, 0.05) is 12.0 Å². The fraction of sp³-hybridized carbons (Fsp3) is 0.385. The second-order valence-corrected chi connectivity index (χ2v) is 4.48. The average molecular weight is 249 g/mol. The number of hydrogen-bond acceptors (Lipinski definition) is 4. The molecule has 1 amide bonds. The molecular formula is C13H15NO4. The van der Waals surface area contributed by atoms with Gasteiger partial charge in [-0.15, -0.1) is 0 Å². The Morgan fingerprint density at radius 3 is 2.72 bits per heavy atom. The fourth-order valence-corrected chi connectivity index (χ4v) is 2.32. The topological polar surface area (TPSA) is 101 Å². The van der Waals surface area contributed by atoms with Crippen LogP contribution in [-0.2, 0) is 11.2 Å². The standard InChI is InChI=1S/C13H15NO4/c14-12(17)6-11(16)13(18)9-3-1-2-8-7(9)4-5-10(8)15/h1-3,11,13,16,18H,4-6H2,(H2,14,17). The molecule has 1 aliphatic rings. The van der Waals surface area contributed by atoms with E-state index >= 15 is 0 Å². The van der Waals surface area contributed by atoms with Crippen molar-refractivity contribution in [3.05, 3.63) is 34.9 Å². The van der Waals surface area contributed by atoms with Gasteiger partial charge in [-0.05, 0) is 17.5 Å². The molecule has 0 radical (unpaired) electrons. The smallest absolute Gasteiger partial charge is 0.220 e. The number of aliphatic hydroxyl groups is 2. The monoisotopic (exact) mass is 249 g/mol. The van der Waals surface area contributed by atoms with E-state index in [9.17, 15) is 19.8 Å². The number of rotatable bonds is 4. The van der Waals surface area contributed by atoms with Crippen molar-refractivity contribution in [2.75, 3.05) is 0 Å². The van der Waals surface area contributed by atoms with Crippen LogP contribution < -0.4 is 5.73 Å². The molecule has 4 N–H and O–H groups in total. The van der Waals surface area contributed by atoms with Gasteiger partial charge in [-0.2, -0.15) is 0 Å². The molecular weight excluding hydrogens is 234 g/mol. The maximum absolute atomic E-state index is 11.6. The number of amides is 1. The van der Waals surface area contributed by atoms with Crippen LogP contribution >= 0.6 is 0 Å². The zero-order valence-electron chi connectivity index (χ0n) is 9.80. The Kier molecular flexibility index (Phi) is 3.45. The maximum Gasteiger partial charge on any atom is 0.220 e. The molecule has 1 aromatic rings. The maximum atomic E-state index is 11.6. The van der Waals surface area contributed by atoms with Crippen molar-refractivity contribution in [3.63, 3.8) is 0 Å². The second-order valence-electron chi connectivity index (χ2n) is 4.48. The lowest BCUT2D eigenvalue weighted by Gasteiger charge is -2.19. The minimum atomic E-state index is -1.25. The van der Waals surface area contributed by atoms with Gasteiger partial charge in [0.1, 0.15) is 6.10 Å². The van der Waals surface area contributed by atoms with Gasteiger partial charge in [-0.25, -0.2) is 0 Å². The van der Waals surface area contributed by atoms with Gasteiger partial charge in [0.25, 0.3) is 0 Å². The molecule has 96 valence electrons. The lowest BCUT2D eigenvalue weighted by atomic mass is 9.94. The summed E-state index contributed by atoms with van der Waals surface area (Å²) >= 11 is 0. The molecule has 0 fully saturated rings. The van der Waals surface area contributed by atoms with Gasteiger partial charge in [-0.1, -0.05) is 18.2 Å². The van der Waals surface area contributed by atoms with Gasteiger partial charge in [0.05, 0.1) is 12.5 Å². The average Bonchev–Trinajstić information content (AvgIpc) is 2.69. The molecule has 0 aromatic heterocycles. The number of Topliss-reactive ketones (excluding diaryl/α,β-unsaturated/α-hetero) is 1. The van der Waals surface area contributed by atoms with E-state index in [1.807, 2.05) is 0 Å². The number of carbonyl (C=O) groups is 2. The molecule has 2 unspecified atom stereocenters. The van der Waals surface area contributed by atoms with E-state index in [-0.39, 0.29) is 12.2 Å². The summed E-state index contributed by atoms with van der Waals surface area (Å²) in [6.45, 7) is 0. The fourth-order valence-electron chi connectivity index (χ4n) is 2.32. The quantitative estimate of drug-likeness (QED) is 0.703. The van der Waals surface area contributed by atoms with Gasteiger partial charge in [0.15, 0.2) is 5.78 Å². The Balaban J connectivity index is 2.29. The lowest BCUT2D eigenvalue weighted by molar-refractivity contribution is -0.121. The van der Waals surface area contributed by atoms with Crippen molar-refractivity contribution in [1.29, 1.82) is 0 Å². The lowest BCUT2D eigenvalue weighted by Crippen LogP contribution is -2.26. The van der Waals surface area contributed by atoms with E-state index in [2.05, 4.69) is 0 Å². The third kappa shape index (κ3) is 2.27. The first kappa shape index (κ1) is 12.7. The molecule has 5 nitrogen and oxygen atoms in total. The number of hydrogen-bond donors (Lipinski definition) is 3.